The predicted octanol–water partition coefficient (Wildman–Crippen LogP) is 2.81. The van der Waals surface area contributed by atoms with E-state index in [0.717, 1.165) is 12.5 Å². The van der Waals surface area contributed by atoms with Gasteiger partial charge in [0.05, 0.1) is 0 Å². The largest absolute Gasteiger partial charge is 0.378 e. The summed E-state index contributed by atoms with van der Waals surface area (Å²) in [6.07, 6.45) is 2.58. The zero-order valence-corrected chi connectivity index (χ0v) is 10.5. The first-order valence-electron chi connectivity index (χ1n) is 6.23. The van der Waals surface area contributed by atoms with E-state index in [9.17, 15) is 0 Å². The van der Waals surface area contributed by atoms with Crippen molar-refractivity contribution in [1.82, 2.24) is 5.32 Å². The Balaban J connectivity index is 2.22. The van der Waals surface area contributed by atoms with E-state index in [4.69, 9.17) is 0 Å². The van der Waals surface area contributed by atoms with E-state index in [1.54, 1.807) is 0 Å². The van der Waals surface area contributed by atoms with Gasteiger partial charge in [-0.25, -0.2) is 0 Å². The van der Waals surface area contributed by atoms with Gasteiger partial charge in [-0.15, -0.1) is 0 Å². The molecule has 1 heterocycles. The molecule has 1 aliphatic rings. The molecule has 0 saturated carbocycles. The van der Waals surface area contributed by atoms with Gasteiger partial charge in [0.25, 0.3) is 0 Å². The van der Waals surface area contributed by atoms with Crippen molar-refractivity contribution in [2.75, 3.05) is 25.5 Å². The fourth-order valence-electron chi connectivity index (χ4n) is 2.58. The van der Waals surface area contributed by atoms with Gasteiger partial charge in [0.15, 0.2) is 0 Å². The lowest BCUT2D eigenvalue weighted by molar-refractivity contribution is 0.449. The number of benzene rings is 1. The molecule has 0 aliphatic carbocycles. The quantitative estimate of drug-likeness (QED) is 0.839. The third-order valence-electron chi connectivity index (χ3n) is 3.62. The van der Waals surface area contributed by atoms with E-state index in [0.29, 0.717) is 6.04 Å². The summed E-state index contributed by atoms with van der Waals surface area (Å²) in [5, 5.41) is 3.62. The summed E-state index contributed by atoms with van der Waals surface area (Å²) >= 11 is 0. The maximum absolute atomic E-state index is 3.62. The van der Waals surface area contributed by atoms with Crippen molar-refractivity contribution in [3.05, 3.63) is 29.8 Å². The lowest BCUT2D eigenvalue weighted by Crippen LogP contribution is -2.18. The molecule has 0 unspecified atom stereocenters. The van der Waals surface area contributed by atoms with Gasteiger partial charge in [0.2, 0.25) is 0 Å². The van der Waals surface area contributed by atoms with Crippen molar-refractivity contribution >= 4 is 5.69 Å². The van der Waals surface area contributed by atoms with Crippen LogP contribution in [0.25, 0.3) is 0 Å². The summed E-state index contributed by atoms with van der Waals surface area (Å²) in [4.78, 5) is 2.17. The Hall–Kier alpha value is -1.02. The molecule has 2 rings (SSSR count). The maximum atomic E-state index is 3.62. The molecule has 16 heavy (non-hydrogen) atoms. The van der Waals surface area contributed by atoms with Crippen LogP contribution in [0.5, 0.6) is 0 Å². The SMILES string of the molecule is CC[C@H]1CCN[C@@H]1c1cccc(N(C)C)c1. The van der Waals surface area contributed by atoms with Crippen LogP contribution in [-0.2, 0) is 0 Å². The van der Waals surface area contributed by atoms with Crippen molar-refractivity contribution in [2.24, 2.45) is 5.92 Å². The highest BCUT2D eigenvalue weighted by Gasteiger charge is 2.26. The molecular formula is C14H22N2. The molecule has 1 fully saturated rings. The summed E-state index contributed by atoms with van der Waals surface area (Å²) < 4.78 is 0. The number of nitrogens with one attached hydrogen (secondary N) is 1. The summed E-state index contributed by atoms with van der Waals surface area (Å²) in [7, 11) is 4.19. The van der Waals surface area contributed by atoms with Crippen LogP contribution in [0.3, 0.4) is 0 Å². The fourth-order valence-corrected chi connectivity index (χ4v) is 2.58. The van der Waals surface area contributed by atoms with Crippen LogP contribution in [0.1, 0.15) is 31.4 Å². The Morgan fingerprint density at radius 2 is 2.19 bits per heavy atom. The van der Waals surface area contributed by atoms with Crippen LogP contribution in [-0.4, -0.2) is 20.6 Å². The minimum absolute atomic E-state index is 0.560. The minimum atomic E-state index is 0.560. The minimum Gasteiger partial charge on any atom is -0.378 e. The molecule has 1 aliphatic heterocycles. The normalized spacial score (nSPS) is 24.7. The van der Waals surface area contributed by atoms with Crippen molar-refractivity contribution in [2.45, 2.75) is 25.8 Å². The molecule has 1 aromatic carbocycles. The number of nitrogens with zero attached hydrogens (tertiary/aromatic N) is 1. The van der Waals surface area contributed by atoms with Crippen LogP contribution in [0.2, 0.25) is 0 Å². The Morgan fingerprint density at radius 3 is 2.88 bits per heavy atom. The third-order valence-corrected chi connectivity index (χ3v) is 3.62. The van der Waals surface area contributed by atoms with E-state index in [2.05, 4.69) is 55.5 Å². The summed E-state index contributed by atoms with van der Waals surface area (Å²) in [6, 6.07) is 9.45. The van der Waals surface area contributed by atoms with E-state index < -0.39 is 0 Å². The summed E-state index contributed by atoms with van der Waals surface area (Å²) in [5.74, 6) is 0.803. The Kier molecular flexibility index (Phi) is 3.49. The first-order valence-corrected chi connectivity index (χ1v) is 6.23. The summed E-state index contributed by atoms with van der Waals surface area (Å²) in [5.41, 5.74) is 2.73. The molecular weight excluding hydrogens is 196 g/mol. The first-order chi connectivity index (χ1) is 7.72. The van der Waals surface area contributed by atoms with Crippen LogP contribution in [0, 0.1) is 5.92 Å². The zero-order valence-electron chi connectivity index (χ0n) is 10.5. The summed E-state index contributed by atoms with van der Waals surface area (Å²) in [6.45, 7) is 3.45. The molecule has 0 spiro atoms. The van der Waals surface area contributed by atoms with Gasteiger partial charge in [0, 0.05) is 25.8 Å². The van der Waals surface area contributed by atoms with Crippen LogP contribution >= 0.6 is 0 Å². The highest BCUT2D eigenvalue weighted by atomic mass is 15.1. The smallest absolute Gasteiger partial charge is 0.0364 e. The van der Waals surface area contributed by atoms with Crippen molar-refractivity contribution in [3.8, 4) is 0 Å². The molecule has 1 N–H and O–H groups in total. The van der Waals surface area contributed by atoms with Gasteiger partial charge in [-0.1, -0.05) is 25.5 Å². The lowest BCUT2D eigenvalue weighted by atomic mass is 9.92. The zero-order chi connectivity index (χ0) is 11.5. The van der Waals surface area contributed by atoms with Crippen molar-refractivity contribution in [1.29, 1.82) is 0 Å². The highest BCUT2D eigenvalue weighted by Crippen LogP contribution is 2.32. The molecule has 0 bridgehead atoms. The highest BCUT2D eigenvalue weighted by molar-refractivity contribution is 5.48. The average Bonchev–Trinajstić information content (AvgIpc) is 2.77. The molecule has 2 heteroatoms. The molecule has 0 aromatic heterocycles. The second kappa shape index (κ2) is 4.88. The number of hydrogen-bond donors (Lipinski definition) is 1. The number of hydrogen-bond acceptors (Lipinski definition) is 2. The first kappa shape index (κ1) is 11.5. The van der Waals surface area contributed by atoms with Crippen LogP contribution in [0.4, 0.5) is 5.69 Å². The molecule has 88 valence electrons. The van der Waals surface area contributed by atoms with E-state index in [-0.39, 0.29) is 0 Å². The monoisotopic (exact) mass is 218 g/mol. The number of anilines is 1. The maximum Gasteiger partial charge on any atom is 0.0364 e. The topological polar surface area (TPSA) is 15.3 Å². The standard InChI is InChI=1S/C14H22N2/c1-4-11-8-9-15-14(11)12-6-5-7-13(10-12)16(2)3/h5-7,10-11,14-15H,4,8-9H2,1-3H3/t11-,14-/m0/s1. The molecule has 1 saturated heterocycles. The Labute approximate surface area is 98.7 Å². The Bertz CT molecular complexity index is 346. The molecule has 2 atom stereocenters. The van der Waals surface area contributed by atoms with Gasteiger partial charge in [-0.3, -0.25) is 0 Å². The third kappa shape index (κ3) is 2.22. The van der Waals surface area contributed by atoms with E-state index in [1.807, 2.05) is 0 Å². The molecule has 2 nitrogen and oxygen atoms in total. The molecule has 0 amide bonds. The predicted molar refractivity (Wildman–Crippen MR) is 69.9 cm³/mol. The number of rotatable bonds is 3. The average molecular weight is 218 g/mol. The second-order valence-electron chi connectivity index (χ2n) is 4.88. The fraction of sp³-hybridized carbons (Fsp3) is 0.571. The van der Waals surface area contributed by atoms with Crippen molar-refractivity contribution in [3.63, 3.8) is 0 Å². The van der Waals surface area contributed by atoms with E-state index >= 15 is 0 Å². The van der Waals surface area contributed by atoms with Crippen LogP contribution in [0.15, 0.2) is 24.3 Å². The Morgan fingerprint density at radius 1 is 1.38 bits per heavy atom. The van der Waals surface area contributed by atoms with Crippen molar-refractivity contribution < 1.29 is 0 Å². The van der Waals surface area contributed by atoms with E-state index in [1.165, 1.54) is 24.1 Å². The van der Waals surface area contributed by atoms with Gasteiger partial charge in [-0.2, -0.15) is 0 Å². The molecule has 1 aromatic rings. The van der Waals surface area contributed by atoms with Crippen LogP contribution < -0.4 is 10.2 Å². The van der Waals surface area contributed by atoms with Gasteiger partial charge in [0.1, 0.15) is 0 Å². The lowest BCUT2D eigenvalue weighted by Gasteiger charge is -2.21. The molecule has 0 radical (unpaired) electrons. The van der Waals surface area contributed by atoms with Gasteiger partial charge < -0.3 is 10.2 Å². The van der Waals surface area contributed by atoms with Gasteiger partial charge >= 0.3 is 0 Å². The second-order valence-corrected chi connectivity index (χ2v) is 4.88. The van der Waals surface area contributed by atoms with Gasteiger partial charge in [-0.05, 0) is 36.6 Å².